The number of aliphatic hydroxyl groups is 4. The van der Waals surface area contributed by atoms with E-state index in [9.17, 15) is 30.0 Å². The largest absolute Gasteiger partial charge is 0.392 e. The zero-order valence-corrected chi connectivity index (χ0v) is 46.9. The zero-order valence-electron chi connectivity index (χ0n) is 46.9. The molecule has 1 saturated heterocycles. The first kappa shape index (κ1) is 66.7. The topological polar surface area (TPSA) is 146 Å². The summed E-state index contributed by atoms with van der Waals surface area (Å²) in [5, 5.41) is 50.3. The van der Waals surface area contributed by atoms with Crippen molar-refractivity contribution in [1.29, 1.82) is 0 Å². The van der Waals surface area contributed by atoms with Crippen molar-refractivity contribution in [1.82, 2.24) is 20.4 Å². The van der Waals surface area contributed by atoms with Crippen molar-refractivity contribution < 1.29 is 30.0 Å². The van der Waals surface area contributed by atoms with Crippen molar-refractivity contribution in [3.8, 4) is 0 Å². The number of nitrogens with one attached hydrogen (secondary N) is 2. The monoisotopic (exact) mass is 993 g/mol. The molecule has 0 spiro atoms. The Morgan fingerprint density at radius 3 is 0.771 bits per heavy atom. The zero-order chi connectivity index (χ0) is 51.1. The first-order valence-corrected chi connectivity index (χ1v) is 30.9. The van der Waals surface area contributed by atoms with E-state index in [0.717, 1.165) is 116 Å². The minimum absolute atomic E-state index is 0.113. The fraction of sp³-hybridized carbons (Fsp3) is 0.967. The number of amides is 2. The highest BCUT2D eigenvalue weighted by Crippen LogP contribution is 2.18. The molecule has 10 nitrogen and oxygen atoms in total. The molecule has 70 heavy (non-hydrogen) atoms. The third-order valence-corrected chi connectivity index (χ3v) is 15.1. The summed E-state index contributed by atoms with van der Waals surface area (Å²) >= 11 is 0. The molecule has 1 heterocycles. The molecule has 1 aliphatic rings. The Kier molecular flexibility index (Phi) is 46.3. The van der Waals surface area contributed by atoms with Gasteiger partial charge in [0.1, 0.15) is 12.1 Å². The van der Waals surface area contributed by atoms with Gasteiger partial charge in [-0.1, -0.05) is 233 Å². The van der Waals surface area contributed by atoms with Gasteiger partial charge in [-0.3, -0.25) is 19.4 Å². The van der Waals surface area contributed by atoms with Gasteiger partial charge in [0, 0.05) is 26.2 Å². The number of carbonyl (C=O) groups excluding carboxylic acids is 2. The molecule has 0 aromatic carbocycles. The Labute approximate surface area is 433 Å². The maximum atomic E-state index is 13.3. The van der Waals surface area contributed by atoms with Crippen LogP contribution in [0.15, 0.2) is 0 Å². The molecule has 6 atom stereocenters. The van der Waals surface area contributed by atoms with Crippen LogP contribution < -0.4 is 10.6 Å². The van der Waals surface area contributed by atoms with Gasteiger partial charge in [-0.25, -0.2) is 0 Å². The molecule has 0 aromatic heterocycles. The Balaban J connectivity index is 2.60. The molecule has 2 amide bonds. The number of nitrogens with zero attached hydrogens (tertiary/aromatic N) is 2. The first-order chi connectivity index (χ1) is 34.1. The number of hydrogen-bond donors (Lipinski definition) is 6. The highest BCUT2D eigenvalue weighted by molar-refractivity contribution is 5.96. The molecule has 0 unspecified atom stereocenters. The Morgan fingerprint density at radius 2 is 0.543 bits per heavy atom. The fourth-order valence-electron chi connectivity index (χ4n) is 10.6. The summed E-state index contributed by atoms with van der Waals surface area (Å²) in [5.74, 6) is -0.226. The van der Waals surface area contributed by atoms with Crippen LogP contribution in [0.3, 0.4) is 0 Å². The molecule has 0 bridgehead atoms. The Bertz CT molecular complexity index is 1010. The standard InChI is InChI=1S/C60H120N4O6/c1-5-9-13-17-21-25-29-33-41-53(65)49-63(50-54(66)42-34-30-26-22-18-14-10-6-2)47-39-37-45-57-59(69)62-58(60(70)61-57)46-38-40-48-64(51-55(67)43-35-31-27-23-19-15-11-7-3)52-56(68)44-36-32-28-24-20-16-12-8-4/h53-58,65-68H,5-52H2,1-4H3,(H,61,70)(H,62,69)/t53-,54-,55-,56-,57-,58+/m1/s1. The average Bonchev–Trinajstić information content (AvgIpc) is 3.33. The van der Waals surface area contributed by atoms with Gasteiger partial charge in [0.25, 0.3) is 0 Å². The molecule has 0 radical (unpaired) electrons. The number of hydrogen-bond acceptors (Lipinski definition) is 8. The Hall–Kier alpha value is -1.30. The second-order valence-electron chi connectivity index (χ2n) is 22.3. The quantitative estimate of drug-likeness (QED) is 0.0331. The molecule has 6 N–H and O–H groups in total. The van der Waals surface area contributed by atoms with Crippen LogP contribution >= 0.6 is 0 Å². The third-order valence-electron chi connectivity index (χ3n) is 15.1. The summed E-state index contributed by atoms with van der Waals surface area (Å²) < 4.78 is 0. The molecule has 10 heteroatoms. The van der Waals surface area contributed by atoms with Gasteiger partial charge >= 0.3 is 0 Å². The summed E-state index contributed by atoms with van der Waals surface area (Å²) in [5.41, 5.74) is 0. The van der Waals surface area contributed by atoms with Crippen LogP contribution in [0.2, 0.25) is 0 Å². The van der Waals surface area contributed by atoms with Crippen molar-refractivity contribution in [2.45, 2.75) is 334 Å². The number of piperazine rings is 1. The smallest absolute Gasteiger partial charge is 0.243 e. The normalized spacial score (nSPS) is 17.1. The highest BCUT2D eigenvalue weighted by Gasteiger charge is 2.33. The van der Waals surface area contributed by atoms with Crippen molar-refractivity contribution in [3.63, 3.8) is 0 Å². The van der Waals surface area contributed by atoms with E-state index in [0.29, 0.717) is 39.0 Å². The van der Waals surface area contributed by atoms with Gasteiger partial charge in [-0.05, 0) is 77.3 Å². The van der Waals surface area contributed by atoms with Crippen LogP contribution in [-0.4, -0.2) is 118 Å². The lowest BCUT2D eigenvalue weighted by Gasteiger charge is -2.31. The van der Waals surface area contributed by atoms with Gasteiger partial charge in [0.2, 0.25) is 11.8 Å². The van der Waals surface area contributed by atoms with E-state index in [1.807, 2.05) is 0 Å². The van der Waals surface area contributed by atoms with Gasteiger partial charge in [-0.2, -0.15) is 0 Å². The summed E-state index contributed by atoms with van der Waals surface area (Å²) in [6.07, 6.45) is 45.6. The van der Waals surface area contributed by atoms with Crippen molar-refractivity contribution in [2.75, 3.05) is 39.3 Å². The fourth-order valence-corrected chi connectivity index (χ4v) is 10.6. The molecule has 0 aliphatic carbocycles. The molecular formula is C60H120N4O6. The van der Waals surface area contributed by atoms with Gasteiger partial charge in [0.05, 0.1) is 24.4 Å². The van der Waals surface area contributed by atoms with E-state index >= 15 is 0 Å². The van der Waals surface area contributed by atoms with E-state index in [1.54, 1.807) is 0 Å². The van der Waals surface area contributed by atoms with Crippen molar-refractivity contribution >= 4 is 11.8 Å². The van der Waals surface area contributed by atoms with E-state index < -0.39 is 36.5 Å². The lowest BCUT2D eigenvalue weighted by Crippen LogP contribution is -2.61. The molecule has 0 saturated carbocycles. The van der Waals surface area contributed by atoms with Gasteiger partial charge in [-0.15, -0.1) is 0 Å². The maximum Gasteiger partial charge on any atom is 0.243 e. The summed E-state index contributed by atoms with van der Waals surface area (Å²) in [4.78, 5) is 31.0. The molecule has 1 fully saturated rings. The number of carbonyl (C=O) groups is 2. The number of aliphatic hydroxyl groups excluding tert-OH is 4. The van der Waals surface area contributed by atoms with E-state index in [-0.39, 0.29) is 11.8 Å². The molecule has 1 aliphatic heterocycles. The van der Waals surface area contributed by atoms with E-state index in [4.69, 9.17) is 0 Å². The van der Waals surface area contributed by atoms with Crippen LogP contribution in [0.25, 0.3) is 0 Å². The van der Waals surface area contributed by atoms with Crippen molar-refractivity contribution in [3.05, 3.63) is 0 Å². The van der Waals surface area contributed by atoms with E-state index in [2.05, 4.69) is 48.1 Å². The summed E-state index contributed by atoms with van der Waals surface area (Å²) in [7, 11) is 0. The van der Waals surface area contributed by atoms with Gasteiger partial charge in [0.15, 0.2) is 0 Å². The van der Waals surface area contributed by atoms with Crippen LogP contribution in [0, 0.1) is 0 Å². The lowest BCUT2D eigenvalue weighted by atomic mass is 10.0. The SMILES string of the molecule is CCCCCCCCCC[C@@H](O)CN(CCCC[C@@H]1NC(=O)[C@@H](CCCCN(C[C@H](O)CCCCCCCCCC)C[C@H](O)CCCCCCCCCC)NC1=O)C[C@H](O)CCCCCCCCCC. The molecule has 1 rings (SSSR count). The second-order valence-corrected chi connectivity index (χ2v) is 22.3. The minimum Gasteiger partial charge on any atom is -0.392 e. The predicted molar refractivity (Wildman–Crippen MR) is 297 cm³/mol. The van der Waals surface area contributed by atoms with Crippen LogP contribution in [0.5, 0.6) is 0 Å². The molecular weight excluding hydrogens is 873 g/mol. The maximum absolute atomic E-state index is 13.3. The highest BCUT2D eigenvalue weighted by atomic mass is 16.3. The molecule has 416 valence electrons. The lowest BCUT2D eigenvalue weighted by molar-refractivity contribution is -0.137. The average molecular weight is 994 g/mol. The minimum atomic E-state index is -0.544. The third kappa shape index (κ3) is 40.1. The summed E-state index contributed by atoms with van der Waals surface area (Å²) in [6.45, 7) is 12.7. The van der Waals surface area contributed by atoms with Crippen LogP contribution in [-0.2, 0) is 9.59 Å². The number of unbranched alkanes of at least 4 members (excludes halogenated alkanes) is 30. The van der Waals surface area contributed by atoms with Gasteiger partial charge < -0.3 is 31.1 Å². The summed E-state index contributed by atoms with van der Waals surface area (Å²) in [6, 6.07) is -1.09. The molecule has 0 aromatic rings. The van der Waals surface area contributed by atoms with Crippen LogP contribution in [0.4, 0.5) is 0 Å². The second kappa shape index (κ2) is 48.6. The first-order valence-electron chi connectivity index (χ1n) is 30.9. The van der Waals surface area contributed by atoms with Crippen molar-refractivity contribution in [2.24, 2.45) is 0 Å². The number of rotatable bonds is 54. The predicted octanol–water partition coefficient (Wildman–Crippen LogP) is 13.5. The Morgan fingerprint density at radius 1 is 0.329 bits per heavy atom. The van der Waals surface area contributed by atoms with Crippen LogP contribution in [0.1, 0.15) is 297 Å². The van der Waals surface area contributed by atoms with E-state index in [1.165, 1.54) is 154 Å².